The lowest BCUT2D eigenvalue weighted by atomic mass is 10.6. The van der Waals surface area contributed by atoms with Gasteiger partial charge < -0.3 is 0 Å². The highest BCUT2D eigenvalue weighted by atomic mass is 31.2. The summed E-state index contributed by atoms with van der Waals surface area (Å²) in [7, 11) is 0.691. The first-order chi connectivity index (χ1) is 5.39. The van der Waals surface area contributed by atoms with Crippen LogP contribution in [0.5, 0.6) is 0 Å². The fraction of sp³-hybridized carbons (Fsp3) is 1.00. The third-order valence-corrected chi connectivity index (χ3v) is 15.1. The van der Waals surface area contributed by atoms with Gasteiger partial charge in [-0.05, 0) is 46.4 Å². The molecule has 74 valence electrons. The maximum atomic E-state index is 2.46. The maximum absolute atomic E-state index is 2.46. The molecule has 0 saturated carbocycles. The van der Waals surface area contributed by atoms with Crippen LogP contribution in [-0.4, -0.2) is 44.6 Å². The molecule has 0 heterocycles. The fourth-order valence-electron chi connectivity index (χ4n) is 2.15. The van der Waals surface area contributed by atoms with E-state index in [4.69, 9.17) is 0 Å². The highest BCUT2D eigenvalue weighted by Gasteiger charge is 2.37. The van der Waals surface area contributed by atoms with Crippen molar-refractivity contribution in [1.82, 2.24) is 0 Å². The van der Waals surface area contributed by atoms with Crippen LogP contribution in [-0.2, 0) is 0 Å². The highest BCUT2D eigenvalue weighted by Crippen LogP contribution is 2.75. The summed E-state index contributed by atoms with van der Waals surface area (Å²) in [6.07, 6.45) is 1.39. The van der Waals surface area contributed by atoms with Gasteiger partial charge >= 0.3 is 0 Å². The van der Waals surface area contributed by atoms with Gasteiger partial charge in [0.05, 0.1) is 0 Å². The molecular formula is C9H23P3. The molecule has 0 unspecified atom stereocenters. The normalized spacial score (nSPS) is 13.5. The van der Waals surface area contributed by atoms with Gasteiger partial charge in [-0.2, -0.15) is 0 Å². The zero-order valence-corrected chi connectivity index (χ0v) is 12.2. The largest absolute Gasteiger partial charge is 0.0977 e. The Morgan fingerprint density at radius 3 is 1.00 bits per heavy atom. The van der Waals surface area contributed by atoms with Crippen LogP contribution in [0.4, 0.5) is 0 Å². The average Bonchev–Trinajstić information content (AvgIpc) is 1.86. The standard InChI is InChI=1S/C9H23P3/c1-8-9(10(2)3,11(4)5)12(6)7/h8H2,1-7H3. The van der Waals surface area contributed by atoms with Crippen LogP contribution < -0.4 is 0 Å². The van der Waals surface area contributed by atoms with E-state index < -0.39 is 0 Å². The van der Waals surface area contributed by atoms with Gasteiger partial charge in [0.25, 0.3) is 0 Å². The summed E-state index contributed by atoms with van der Waals surface area (Å²) in [5.41, 5.74) is 0. The molecule has 0 aliphatic carbocycles. The maximum Gasteiger partial charge on any atom is 0.0283 e. The quantitative estimate of drug-likeness (QED) is 0.625. The van der Waals surface area contributed by atoms with E-state index in [-0.39, 0.29) is 23.8 Å². The van der Waals surface area contributed by atoms with Crippen LogP contribution >= 0.6 is 23.8 Å². The predicted molar refractivity (Wildman–Crippen MR) is 69.3 cm³/mol. The van der Waals surface area contributed by atoms with Gasteiger partial charge in [0, 0.05) is 4.64 Å². The second-order valence-electron chi connectivity index (χ2n) is 3.81. The average molecular weight is 224 g/mol. The van der Waals surface area contributed by atoms with Gasteiger partial charge in [0.15, 0.2) is 0 Å². The monoisotopic (exact) mass is 224 g/mol. The van der Waals surface area contributed by atoms with E-state index in [1.54, 1.807) is 0 Å². The molecule has 0 aromatic rings. The van der Waals surface area contributed by atoms with E-state index in [0.717, 1.165) is 4.64 Å². The molecular weight excluding hydrogens is 201 g/mol. The molecule has 0 radical (unpaired) electrons. The van der Waals surface area contributed by atoms with Crippen molar-refractivity contribution in [3.8, 4) is 0 Å². The molecule has 0 amide bonds. The Labute approximate surface area is 82.2 Å². The molecule has 0 nitrogen and oxygen atoms in total. The van der Waals surface area contributed by atoms with Gasteiger partial charge in [0.1, 0.15) is 0 Å². The molecule has 0 aliphatic heterocycles. The van der Waals surface area contributed by atoms with Crippen molar-refractivity contribution in [2.45, 2.75) is 18.0 Å². The van der Waals surface area contributed by atoms with Gasteiger partial charge in [-0.3, -0.25) is 0 Å². The van der Waals surface area contributed by atoms with Crippen LogP contribution in [0.2, 0.25) is 0 Å². The van der Waals surface area contributed by atoms with Crippen LogP contribution in [0, 0.1) is 0 Å². The van der Waals surface area contributed by atoms with Crippen molar-refractivity contribution in [2.24, 2.45) is 0 Å². The zero-order valence-electron chi connectivity index (χ0n) is 9.55. The third kappa shape index (κ3) is 2.41. The topological polar surface area (TPSA) is 0 Å². The minimum absolute atomic E-state index is 0.230. The van der Waals surface area contributed by atoms with Crippen molar-refractivity contribution >= 4 is 23.8 Å². The summed E-state index contributed by atoms with van der Waals surface area (Å²) in [4.78, 5) is 0. The van der Waals surface area contributed by atoms with E-state index in [9.17, 15) is 0 Å². The summed E-state index contributed by atoms with van der Waals surface area (Å²) < 4.78 is 0.736. The lowest BCUT2D eigenvalue weighted by molar-refractivity contribution is 0.972. The van der Waals surface area contributed by atoms with Gasteiger partial charge in [-0.15, -0.1) is 0 Å². The van der Waals surface area contributed by atoms with Crippen molar-refractivity contribution in [3.63, 3.8) is 0 Å². The number of rotatable bonds is 4. The molecule has 0 fully saturated rings. The van der Waals surface area contributed by atoms with Crippen LogP contribution in [0.25, 0.3) is 0 Å². The van der Waals surface area contributed by atoms with Crippen molar-refractivity contribution in [3.05, 3.63) is 0 Å². The van der Waals surface area contributed by atoms with Gasteiger partial charge in [0.2, 0.25) is 0 Å². The minimum Gasteiger partial charge on any atom is -0.0977 e. The molecule has 0 saturated heterocycles. The molecule has 0 atom stereocenters. The van der Waals surface area contributed by atoms with Crippen LogP contribution in [0.15, 0.2) is 0 Å². The van der Waals surface area contributed by atoms with E-state index in [1.165, 1.54) is 6.42 Å². The Morgan fingerprint density at radius 2 is 1.00 bits per heavy atom. The first kappa shape index (κ1) is 13.3. The van der Waals surface area contributed by atoms with E-state index in [1.807, 2.05) is 0 Å². The van der Waals surface area contributed by atoms with Crippen LogP contribution in [0.3, 0.4) is 0 Å². The lowest BCUT2D eigenvalue weighted by Gasteiger charge is -2.45. The summed E-state index contributed by atoms with van der Waals surface area (Å²) in [6.45, 7) is 17.2. The van der Waals surface area contributed by atoms with Gasteiger partial charge in [-0.1, -0.05) is 30.7 Å². The Hall–Kier alpha value is 1.29. The van der Waals surface area contributed by atoms with Crippen molar-refractivity contribution in [1.29, 1.82) is 0 Å². The summed E-state index contributed by atoms with van der Waals surface area (Å²) in [6, 6.07) is 0. The first-order valence-electron chi connectivity index (χ1n) is 4.41. The van der Waals surface area contributed by atoms with Gasteiger partial charge in [-0.25, -0.2) is 0 Å². The molecule has 0 bridgehead atoms. The summed E-state index contributed by atoms with van der Waals surface area (Å²) >= 11 is 0. The Bertz CT molecular complexity index is 108. The minimum atomic E-state index is 0.230. The molecule has 12 heavy (non-hydrogen) atoms. The molecule has 0 aromatic heterocycles. The van der Waals surface area contributed by atoms with E-state index in [0.29, 0.717) is 0 Å². The zero-order chi connectivity index (χ0) is 9.94. The lowest BCUT2D eigenvalue weighted by Crippen LogP contribution is -2.19. The van der Waals surface area contributed by atoms with E-state index in [2.05, 4.69) is 46.9 Å². The third-order valence-electron chi connectivity index (χ3n) is 2.62. The smallest absolute Gasteiger partial charge is 0.0283 e. The second kappa shape index (κ2) is 5.24. The summed E-state index contributed by atoms with van der Waals surface area (Å²) in [5.74, 6) is 0. The molecule has 3 heteroatoms. The number of hydrogen-bond acceptors (Lipinski definition) is 0. The van der Waals surface area contributed by atoms with E-state index >= 15 is 0 Å². The van der Waals surface area contributed by atoms with Crippen molar-refractivity contribution < 1.29 is 0 Å². The number of hydrogen-bond donors (Lipinski definition) is 0. The fourth-order valence-corrected chi connectivity index (χ4v) is 13.6. The molecule has 0 N–H and O–H groups in total. The molecule has 0 rings (SSSR count). The highest BCUT2D eigenvalue weighted by molar-refractivity contribution is 7.91. The summed E-state index contributed by atoms with van der Waals surface area (Å²) in [5, 5.41) is 0. The van der Waals surface area contributed by atoms with Crippen molar-refractivity contribution in [2.75, 3.05) is 40.0 Å². The van der Waals surface area contributed by atoms with Crippen LogP contribution in [0.1, 0.15) is 13.3 Å². The molecule has 0 aliphatic rings. The second-order valence-corrected chi connectivity index (χ2v) is 12.5. The SMILES string of the molecule is CCC(P(C)C)(P(C)C)P(C)C. The Kier molecular flexibility index (Phi) is 5.80. The first-order valence-corrected chi connectivity index (χ1v) is 11.1. The molecule has 0 spiro atoms. The predicted octanol–water partition coefficient (Wildman–Crippen LogP) is 4.27. The Morgan fingerprint density at radius 1 is 0.750 bits per heavy atom. The molecule has 0 aromatic carbocycles. The Balaban J connectivity index is 4.77.